The molecule has 24 heavy (non-hydrogen) atoms. The third-order valence-corrected chi connectivity index (χ3v) is 4.04. The number of hydrogen-bond donors (Lipinski definition) is 0. The van der Waals surface area contributed by atoms with E-state index < -0.39 is 17.9 Å². The molecule has 0 spiro atoms. The van der Waals surface area contributed by atoms with Crippen molar-refractivity contribution in [2.75, 3.05) is 6.61 Å². The molecule has 0 saturated carbocycles. The fraction of sp³-hybridized carbons (Fsp3) is 0.211. The first-order valence-electron chi connectivity index (χ1n) is 7.79. The van der Waals surface area contributed by atoms with E-state index in [2.05, 4.69) is 0 Å². The third kappa shape index (κ3) is 2.48. The van der Waals surface area contributed by atoms with Crippen LogP contribution in [-0.2, 0) is 0 Å². The summed E-state index contributed by atoms with van der Waals surface area (Å²) in [5.41, 5.74) is 1.03. The second-order valence-electron chi connectivity index (χ2n) is 5.50. The highest BCUT2D eigenvalue weighted by Crippen LogP contribution is 2.27. The highest BCUT2D eigenvalue weighted by Gasteiger charge is 2.41. The molecule has 1 atom stereocenters. The van der Waals surface area contributed by atoms with Gasteiger partial charge in [-0.25, -0.2) is 0 Å². The first-order chi connectivity index (χ1) is 11.6. The van der Waals surface area contributed by atoms with E-state index in [1.807, 2.05) is 6.92 Å². The van der Waals surface area contributed by atoms with Crippen molar-refractivity contribution in [3.63, 3.8) is 0 Å². The molecule has 5 heteroatoms. The van der Waals surface area contributed by atoms with Crippen LogP contribution in [0, 0.1) is 0 Å². The lowest BCUT2D eigenvalue weighted by Crippen LogP contribution is -2.43. The molecule has 122 valence electrons. The number of rotatable bonds is 5. The molecular weight excluding hydrogens is 306 g/mol. The van der Waals surface area contributed by atoms with Crippen LogP contribution in [-0.4, -0.2) is 35.1 Å². The molecule has 2 aromatic carbocycles. The van der Waals surface area contributed by atoms with Crippen LogP contribution >= 0.6 is 0 Å². The zero-order valence-electron chi connectivity index (χ0n) is 13.5. The van der Waals surface area contributed by atoms with Crippen molar-refractivity contribution in [3.8, 4) is 5.75 Å². The van der Waals surface area contributed by atoms with Gasteiger partial charge in [0.15, 0.2) is 5.78 Å². The molecule has 1 heterocycles. The number of fused-ring (bicyclic) bond motifs is 1. The van der Waals surface area contributed by atoms with Gasteiger partial charge >= 0.3 is 0 Å². The van der Waals surface area contributed by atoms with Gasteiger partial charge in [-0.15, -0.1) is 0 Å². The summed E-state index contributed by atoms with van der Waals surface area (Å²) in [6.45, 7) is 3.81. The smallest absolute Gasteiger partial charge is 0.262 e. The molecular formula is C19H17NO4. The lowest BCUT2D eigenvalue weighted by molar-refractivity contribution is 0.0554. The van der Waals surface area contributed by atoms with Crippen LogP contribution in [0.15, 0.2) is 48.5 Å². The van der Waals surface area contributed by atoms with Crippen LogP contribution < -0.4 is 4.74 Å². The fourth-order valence-electron chi connectivity index (χ4n) is 2.85. The Morgan fingerprint density at radius 3 is 2.12 bits per heavy atom. The Labute approximate surface area is 139 Å². The Kier molecular flexibility index (Phi) is 4.16. The summed E-state index contributed by atoms with van der Waals surface area (Å²) in [7, 11) is 0. The number of benzene rings is 2. The number of hydrogen-bond acceptors (Lipinski definition) is 4. The minimum Gasteiger partial charge on any atom is -0.493 e. The first kappa shape index (κ1) is 15.9. The largest absolute Gasteiger partial charge is 0.493 e. The van der Waals surface area contributed by atoms with Crippen molar-refractivity contribution in [1.82, 2.24) is 4.90 Å². The maximum Gasteiger partial charge on any atom is 0.262 e. The molecule has 0 radical (unpaired) electrons. The summed E-state index contributed by atoms with van der Waals surface area (Å²) >= 11 is 0. The Balaban J connectivity index is 1.93. The number of nitrogens with zero attached hydrogens (tertiary/aromatic N) is 1. The van der Waals surface area contributed by atoms with Crippen LogP contribution in [0.3, 0.4) is 0 Å². The van der Waals surface area contributed by atoms with Crippen molar-refractivity contribution in [2.45, 2.75) is 19.9 Å². The van der Waals surface area contributed by atoms with Crippen molar-refractivity contribution in [2.24, 2.45) is 0 Å². The summed E-state index contributed by atoms with van der Waals surface area (Å²) < 4.78 is 5.48. The highest BCUT2D eigenvalue weighted by atomic mass is 16.5. The summed E-state index contributed by atoms with van der Waals surface area (Å²) in [4.78, 5) is 38.9. The second-order valence-corrected chi connectivity index (χ2v) is 5.50. The van der Waals surface area contributed by atoms with Gasteiger partial charge in [-0.05, 0) is 38.1 Å². The minimum absolute atomic E-state index is 0.325. The Morgan fingerprint density at radius 2 is 1.54 bits per heavy atom. The van der Waals surface area contributed by atoms with Crippen LogP contribution in [0.5, 0.6) is 5.75 Å². The average Bonchev–Trinajstić information content (AvgIpc) is 2.86. The average molecular weight is 323 g/mol. The maximum absolute atomic E-state index is 12.8. The lowest BCUT2D eigenvalue weighted by Gasteiger charge is -2.22. The third-order valence-electron chi connectivity index (χ3n) is 4.04. The molecule has 0 saturated heterocycles. The van der Waals surface area contributed by atoms with Crippen LogP contribution in [0.1, 0.15) is 44.9 Å². The van der Waals surface area contributed by atoms with E-state index in [0.29, 0.717) is 29.0 Å². The van der Waals surface area contributed by atoms with Gasteiger partial charge in [-0.2, -0.15) is 0 Å². The van der Waals surface area contributed by atoms with E-state index in [1.165, 1.54) is 0 Å². The number of carbonyl (C=O) groups excluding carboxylic acids is 3. The molecule has 5 nitrogen and oxygen atoms in total. The molecule has 0 aliphatic carbocycles. The Morgan fingerprint density at radius 1 is 1.00 bits per heavy atom. The predicted octanol–water partition coefficient (Wildman–Crippen LogP) is 2.95. The summed E-state index contributed by atoms with van der Waals surface area (Å²) in [6, 6.07) is 12.5. The Bertz CT molecular complexity index is 793. The van der Waals surface area contributed by atoms with Crippen molar-refractivity contribution in [1.29, 1.82) is 0 Å². The van der Waals surface area contributed by atoms with Crippen LogP contribution in [0.25, 0.3) is 0 Å². The van der Waals surface area contributed by atoms with E-state index >= 15 is 0 Å². The van der Waals surface area contributed by atoms with E-state index in [1.54, 1.807) is 55.5 Å². The van der Waals surface area contributed by atoms with E-state index in [0.717, 1.165) is 4.90 Å². The zero-order chi connectivity index (χ0) is 17.3. The summed E-state index contributed by atoms with van der Waals surface area (Å²) in [5, 5.41) is 0. The van der Waals surface area contributed by atoms with E-state index in [-0.39, 0.29) is 5.78 Å². The van der Waals surface area contributed by atoms with Gasteiger partial charge < -0.3 is 4.74 Å². The van der Waals surface area contributed by atoms with Gasteiger partial charge in [0.2, 0.25) is 0 Å². The molecule has 3 rings (SSSR count). The number of ether oxygens (including phenoxy) is 1. The number of imide groups is 1. The molecule has 1 aliphatic rings. The van der Waals surface area contributed by atoms with Crippen LogP contribution in [0.4, 0.5) is 0 Å². The molecule has 0 bridgehead atoms. The maximum atomic E-state index is 12.8. The summed E-state index contributed by atoms with van der Waals surface area (Å²) in [6.07, 6.45) is 0. The van der Waals surface area contributed by atoms with Gasteiger partial charge in [0, 0.05) is 0 Å². The van der Waals surface area contributed by atoms with Gasteiger partial charge in [0.1, 0.15) is 11.8 Å². The van der Waals surface area contributed by atoms with Gasteiger partial charge in [-0.1, -0.05) is 24.3 Å². The number of Topliss-reactive ketones (excluding diaryl/α,β-unsaturated/α-hetero) is 1. The molecule has 2 amide bonds. The molecule has 2 aromatic rings. The van der Waals surface area contributed by atoms with E-state index in [9.17, 15) is 14.4 Å². The van der Waals surface area contributed by atoms with Crippen molar-refractivity contribution < 1.29 is 19.1 Å². The molecule has 0 N–H and O–H groups in total. The van der Waals surface area contributed by atoms with Crippen LogP contribution in [0.2, 0.25) is 0 Å². The SMILES string of the molecule is CCOc1ccccc1C(=O)C(C)N1C(=O)c2ccccc2C1=O. The fourth-order valence-corrected chi connectivity index (χ4v) is 2.85. The molecule has 0 fully saturated rings. The molecule has 1 aliphatic heterocycles. The first-order valence-corrected chi connectivity index (χ1v) is 7.79. The second kappa shape index (κ2) is 6.28. The number of ketones is 1. The van der Waals surface area contributed by atoms with Crippen molar-refractivity contribution in [3.05, 3.63) is 65.2 Å². The Hall–Kier alpha value is -2.95. The number of carbonyl (C=O) groups is 3. The zero-order valence-corrected chi connectivity index (χ0v) is 13.5. The molecule has 0 aromatic heterocycles. The predicted molar refractivity (Wildman–Crippen MR) is 88.3 cm³/mol. The quantitative estimate of drug-likeness (QED) is 0.627. The standard InChI is InChI=1S/C19H17NO4/c1-3-24-16-11-7-6-10-15(16)17(21)12(2)20-18(22)13-8-4-5-9-14(13)19(20)23/h4-12H,3H2,1-2H3. The van der Waals surface area contributed by atoms with Gasteiger partial charge in [0.25, 0.3) is 11.8 Å². The highest BCUT2D eigenvalue weighted by molar-refractivity contribution is 6.23. The van der Waals surface area contributed by atoms with Gasteiger partial charge in [-0.3, -0.25) is 19.3 Å². The normalized spacial score (nSPS) is 14.5. The number of para-hydroxylation sites is 1. The van der Waals surface area contributed by atoms with E-state index in [4.69, 9.17) is 4.74 Å². The number of amides is 2. The molecule has 1 unspecified atom stereocenters. The van der Waals surface area contributed by atoms with Crippen molar-refractivity contribution >= 4 is 17.6 Å². The lowest BCUT2D eigenvalue weighted by atomic mass is 10.0. The minimum atomic E-state index is -0.904. The summed E-state index contributed by atoms with van der Waals surface area (Å²) in [5.74, 6) is -0.752. The topological polar surface area (TPSA) is 63.7 Å². The monoisotopic (exact) mass is 323 g/mol. The van der Waals surface area contributed by atoms with Gasteiger partial charge in [0.05, 0.1) is 23.3 Å².